The molecule has 1 fully saturated rings. The van der Waals surface area contributed by atoms with Gasteiger partial charge in [-0.2, -0.15) is 0 Å². The van der Waals surface area contributed by atoms with E-state index in [1.807, 2.05) is 24.3 Å². The van der Waals surface area contributed by atoms with E-state index in [0.717, 1.165) is 10.1 Å². The molecule has 108 valence electrons. The highest BCUT2D eigenvalue weighted by atomic mass is 32.1. The molecule has 2 N–H and O–H groups in total. The summed E-state index contributed by atoms with van der Waals surface area (Å²) in [6.07, 6.45) is 0. The summed E-state index contributed by atoms with van der Waals surface area (Å²) >= 11 is 1.21. The molecule has 2 aromatic rings. The molecule has 3 rings (SSSR count). The zero-order valence-corrected chi connectivity index (χ0v) is 11.8. The van der Waals surface area contributed by atoms with Crippen LogP contribution in [0.4, 0.5) is 0 Å². The summed E-state index contributed by atoms with van der Waals surface area (Å²) in [5.74, 6) is -1.70. The maximum absolute atomic E-state index is 11.4. The lowest BCUT2D eigenvalue weighted by Crippen LogP contribution is -2.50. The van der Waals surface area contributed by atoms with Gasteiger partial charge in [-0.25, -0.2) is 4.79 Å². The van der Waals surface area contributed by atoms with Gasteiger partial charge < -0.3 is 5.11 Å². The third kappa shape index (κ3) is 2.65. The molecule has 0 aliphatic carbocycles. The number of piperazine rings is 1. The number of hydrogen-bond donors (Lipinski definition) is 2. The Balaban J connectivity index is 1.99. The van der Waals surface area contributed by atoms with Crippen LogP contribution in [0.5, 0.6) is 0 Å². The van der Waals surface area contributed by atoms with Gasteiger partial charge in [0, 0.05) is 11.2 Å². The van der Waals surface area contributed by atoms with Crippen molar-refractivity contribution in [3.63, 3.8) is 0 Å². The van der Waals surface area contributed by atoms with Crippen molar-refractivity contribution >= 4 is 39.2 Å². The third-order valence-corrected chi connectivity index (χ3v) is 4.49. The lowest BCUT2D eigenvalue weighted by Gasteiger charge is -2.25. The zero-order valence-electron chi connectivity index (χ0n) is 11.0. The minimum absolute atomic E-state index is 0.0922. The highest BCUT2D eigenvalue weighted by Gasteiger charge is 2.25. The fraction of sp³-hybridized carbons (Fsp3) is 0.214. The van der Waals surface area contributed by atoms with Crippen molar-refractivity contribution in [1.29, 1.82) is 0 Å². The van der Waals surface area contributed by atoms with Crippen LogP contribution in [0.1, 0.15) is 15.2 Å². The molecule has 0 saturated carbocycles. The molecule has 1 aromatic carbocycles. The number of carbonyl (C=O) groups is 3. The summed E-state index contributed by atoms with van der Waals surface area (Å²) in [6, 6.07) is 7.42. The van der Waals surface area contributed by atoms with Crippen LogP contribution in [0.2, 0.25) is 0 Å². The molecule has 0 atom stereocenters. The van der Waals surface area contributed by atoms with Crippen molar-refractivity contribution in [3.05, 3.63) is 34.7 Å². The van der Waals surface area contributed by atoms with Gasteiger partial charge in [0.05, 0.1) is 13.1 Å². The largest absolute Gasteiger partial charge is 0.477 e. The Hall–Kier alpha value is -2.25. The quantitative estimate of drug-likeness (QED) is 0.828. The van der Waals surface area contributed by atoms with Gasteiger partial charge in [0.1, 0.15) is 4.88 Å². The Bertz CT molecular complexity index is 737. The highest BCUT2D eigenvalue weighted by Crippen LogP contribution is 2.32. The SMILES string of the molecule is O=C1CN(Cc2c(C(=O)O)sc3ccccc23)CC(=O)N1. The Labute approximate surface area is 124 Å². The van der Waals surface area contributed by atoms with Crippen LogP contribution in [-0.4, -0.2) is 40.9 Å². The minimum Gasteiger partial charge on any atom is -0.477 e. The summed E-state index contributed by atoms with van der Waals surface area (Å²) in [6.45, 7) is 0.453. The van der Waals surface area contributed by atoms with Crippen LogP contribution in [0.15, 0.2) is 24.3 Å². The van der Waals surface area contributed by atoms with Gasteiger partial charge >= 0.3 is 5.97 Å². The zero-order chi connectivity index (χ0) is 15.0. The van der Waals surface area contributed by atoms with Crippen LogP contribution >= 0.6 is 11.3 Å². The Morgan fingerprint density at radius 1 is 1.24 bits per heavy atom. The number of carboxylic acids is 1. The molecular weight excluding hydrogens is 292 g/mol. The number of amides is 2. The summed E-state index contributed by atoms with van der Waals surface area (Å²) in [7, 11) is 0. The van der Waals surface area contributed by atoms with E-state index in [1.54, 1.807) is 4.90 Å². The number of carboxylic acid groups (broad SMARTS) is 1. The molecule has 7 heteroatoms. The number of nitrogens with one attached hydrogen (secondary N) is 1. The van der Waals surface area contributed by atoms with E-state index in [1.165, 1.54) is 11.3 Å². The molecule has 1 saturated heterocycles. The normalized spacial score (nSPS) is 16.2. The second kappa shape index (κ2) is 5.27. The van der Waals surface area contributed by atoms with Crippen molar-refractivity contribution < 1.29 is 19.5 Å². The monoisotopic (exact) mass is 304 g/mol. The lowest BCUT2D eigenvalue weighted by molar-refractivity contribution is -0.136. The molecule has 1 aliphatic heterocycles. The minimum atomic E-state index is -0.987. The maximum atomic E-state index is 11.4. The number of rotatable bonds is 3. The van der Waals surface area contributed by atoms with E-state index >= 15 is 0 Å². The van der Waals surface area contributed by atoms with Crippen molar-refractivity contribution in [3.8, 4) is 0 Å². The molecule has 2 amide bonds. The van der Waals surface area contributed by atoms with Crippen molar-refractivity contribution in [1.82, 2.24) is 10.2 Å². The standard InChI is InChI=1S/C14H12N2O4S/c17-11-6-16(7-12(18)15-11)5-9-8-3-1-2-4-10(8)21-13(9)14(19)20/h1-4H,5-7H2,(H,19,20)(H,15,17,18). The Morgan fingerprint density at radius 2 is 1.90 bits per heavy atom. The average molecular weight is 304 g/mol. The molecule has 6 nitrogen and oxygen atoms in total. The fourth-order valence-corrected chi connectivity index (χ4v) is 3.51. The topological polar surface area (TPSA) is 86.7 Å². The van der Waals surface area contributed by atoms with E-state index in [9.17, 15) is 19.5 Å². The number of benzene rings is 1. The summed E-state index contributed by atoms with van der Waals surface area (Å²) in [5.41, 5.74) is 0.658. The van der Waals surface area contributed by atoms with E-state index in [2.05, 4.69) is 5.32 Å². The van der Waals surface area contributed by atoms with E-state index < -0.39 is 5.97 Å². The van der Waals surface area contributed by atoms with Gasteiger partial charge in [-0.1, -0.05) is 18.2 Å². The van der Waals surface area contributed by atoms with E-state index in [0.29, 0.717) is 5.56 Å². The van der Waals surface area contributed by atoms with Crippen molar-refractivity contribution in [2.24, 2.45) is 0 Å². The molecule has 0 bridgehead atoms. The molecule has 2 heterocycles. The molecule has 0 unspecified atom stereocenters. The second-order valence-electron chi connectivity index (χ2n) is 4.83. The smallest absolute Gasteiger partial charge is 0.346 e. The second-order valence-corrected chi connectivity index (χ2v) is 5.88. The maximum Gasteiger partial charge on any atom is 0.346 e. The van der Waals surface area contributed by atoms with Crippen LogP contribution in [0, 0.1) is 0 Å². The molecule has 21 heavy (non-hydrogen) atoms. The van der Waals surface area contributed by atoms with Gasteiger partial charge in [0.15, 0.2) is 0 Å². The lowest BCUT2D eigenvalue weighted by atomic mass is 10.1. The number of thiophene rings is 1. The number of imide groups is 1. The fourth-order valence-electron chi connectivity index (χ4n) is 2.46. The molecule has 0 radical (unpaired) electrons. The number of nitrogens with zero attached hydrogens (tertiary/aromatic N) is 1. The first-order valence-electron chi connectivity index (χ1n) is 6.33. The van der Waals surface area contributed by atoms with Gasteiger partial charge in [0.25, 0.3) is 0 Å². The summed E-state index contributed by atoms with van der Waals surface area (Å²) in [4.78, 5) is 36.1. The Morgan fingerprint density at radius 3 is 2.57 bits per heavy atom. The predicted octanol–water partition coefficient (Wildman–Crippen LogP) is 1.06. The van der Waals surface area contributed by atoms with Crippen LogP contribution in [-0.2, 0) is 16.1 Å². The van der Waals surface area contributed by atoms with Gasteiger partial charge in [-0.3, -0.25) is 19.8 Å². The molecule has 0 spiro atoms. The first kappa shape index (κ1) is 13.7. The van der Waals surface area contributed by atoms with Gasteiger partial charge in [-0.15, -0.1) is 11.3 Å². The third-order valence-electron chi connectivity index (χ3n) is 3.29. The van der Waals surface area contributed by atoms with Gasteiger partial charge in [0.2, 0.25) is 11.8 Å². The molecule has 1 aliphatic rings. The number of hydrogen-bond acceptors (Lipinski definition) is 5. The number of carbonyl (C=O) groups excluding carboxylic acids is 2. The van der Waals surface area contributed by atoms with Crippen molar-refractivity contribution in [2.45, 2.75) is 6.54 Å². The van der Waals surface area contributed by atoms with E-state index in [4.69, 9.17) is 0 Å². The molecule has 1 aromatic heterocycles. The first-order valence-corrected chi connectivity index (χ1v) is 7.15. The van der Waals surface area contributed by atoms with Crippen molar-refractivity contribution in [2.75, 3.05) is 13.1 Å². The van der Waals surface area contributed by atoms with E-state index in [-0.39, 0.29) is 36.3 Å². The van der Waals surface area contributed by atoms with Crippen LogP contribution < -0.4 is 5.32 Å². The highest BCUT2D eigenvalue weighted by molar-refractivity contribution is 7.21. The Kier molecular flexibility index (Phi) is 3.44. The summed E-state index contributed by atoms with van der Waals surface area (Å²) in [5, 5.41) is 12.4. The summed E-state index contributed by atoms with van der Waals surface area (Å²) < 4.78 is 0.887. The van der Waals surface area contributed by atoms with Crippen LogP contribution in [0.25, 0.3) is 10.1 Å². The predicted molar refractivity (Wildman–Crippen MR) is 77.2 cm³/mol. The average Bonchev–Trinajstić information content (AvgIpc) is 2.77. The van der Waals surface area contributed by atoms with Crippen LogP contribution in [0.3, 0.4) is 0 Å². The first-order chi connectivity index (χ1) is 10.0. The number of aromatic carboxylic acids is 1. The number of fused-ring (bicyclic) bond motifs is 1. The van der Waals surface area contributed by atoms with Gasteiger partial charge in [-0.05, 0) is 17.0 Å². The molecular formula is C14H12N2O4S.